The van der Waals surface area contributed by atoms with Gasteiger partial charge in [0, 0.05) is 41.8 Å². The highest BCUT2D eigenvalue weighted by Gasteiger charge is 2.59. The second-order valence-corrected chi connectivity index (χ2v) is 9.41. The summed E-state index contributed by atoms with van der Waals surface area (Å²) in [5, 5.41) is 7.18. The quantitative estimate of drug-likeness (QED) is 0.358. The van der Waals surface area contributed by atoms with Crippen molar-refractivity contribution in [1.29, 1.82) is 0 Å². The number of fused-ring (bicyclic) bond motifs is 1. The van der Waals surface area contributed by atoms with E-state index in [-0.39, 0.29) is 34.9 Å². The molecular weight excluding hydrogens is 447 g/mol. The topological polar surface area (TPSA) is 48.9 Å². The number of ether oxygens (including phenoxy) is 1. The van der Waals surface area contributed by atoms with Crippen LogP contribution in [0, 0.1) is 11.3 Å². The number of aliphatic imine (C=N–C) groups is 1. The van der Waals surface area contributed by atoms with Crippen molar-refractivity contribution < 1.29 is 4.74 Å². The van der Waals surface area contributed by atoms with Gasteiger partial charge in [-0.2, -0.15) is 11.8 Å². The van der Waals surface area contributed by atoms with Gasteiger partial charge < -0.3 is 20.3 Å². The minimum atomic E-state index is 0. The van der Waals surface area contributed by atoms with Gasteiger partial charge in [-0.15, -0.1) is 24.0 Å². The highest BCUT2D eigenvalue weighted by molar-refractivity contribution is 14.0. The van der Waals surface area contributed by atoms with Gasteiger partial charge in [0.05, 0.1) is 12.6 Å². The van der Waals surface area contributed by atoms with Crippen molar-refractivity contribution in [2.75, 3.05) is 45.3 Å². The lowest BCUT2D eigenvalue weighted by Crippen LogP contribution is -2.68. The van der Waals surface area contributed by atoms with Crippen LogP contribution >= 0.6 is 35.7 Å². The van der Waals surface area contributed by atoms with Crippen molar-refractivity contribution in [1.82, 2.24) is 15.5 Å². The summed E-state index contributed by atoms with van der Waals surface area (Å²) in [4.78, 5) is 7.36. The first-order valence-corrected chi connectivity index (χ1v) is 10.5. The van der Waals surface area contributed by atoms with Crippen LogP contribution in [0.1, 0.15) is 33.6 Å². The first-order valence-electron chi connectivity index (χ1n) is 9.32. The zero-order valence-electron chi connectivity index (χ0n) is 16.3. The number of halogens is 1. The van der Waals surface area contributed by atoms with Crippen molar-refractivity contribution >= 4 is 41.7 Å². The lowest BCUT2D eigenvalue weighted by molar-refractivity contribution is -0.106. The molecule has 0 aromatic rings. The normalized spacial score (nSPS) is 36.6. The van der Waals surface area contributed by atoms with E-state index in [1.165, 1.54) is 24.3 Å². The number of likely N-dealkylation sites (N-methyl/N-ethyl adjacent to an activating group) is 1. The highest BCUT2D eigenvalue weighted by atomic mass is 127. The van der Waals surface area contributed by atoms with Crippen molar-refractivity contribution in [3.8, 4) is 0 Å². The molecule has 2 heterocycles. The van der Waals surface area contributed by atoms with Gasteiger partial charge in [0.25, 0.3) is 0 Å². The first-order chi connectivity index (χ1) is 11.4. The van der Waals surface area contributed by atoms with E-state index in [2.05, 4.69) is 50.4 Å². The minimum absolute atomic E-state index is 0. The molecule has 146 valence electrons. The summed E-state index contributed by atoms with van der Waals surface area (Å²) in [6.45, 7) is 9.43. The Bertz CT molecular complexity index is 480. The molecule has 2 N–H and O–H groups in total. The lowest BCUT2D eigenvalue weighted by atomic mass is 9.57. The van der Waals surface area contributed by atoms with Crippen LogP contribution < -0.4 is 10.6 Å². The molecule has 0 bridgehead atoms. The monoisotopic (exact) mass is 482 g/mol. The highest BCUT2D eigenvalue weighted by Crippen LogP contribution is 2.52. The Morgan fingerprint density at radius 2 is 2.12 bits per heavy atom. The molecule has 1 aliphatic carbocycles. The molecule has 5 nitrogen and oxygen atoms in total. The van der Waals surface area contributed by atoms with Gasteiger partial charge in [-0.05, 0) is 39.6 Å². The van der Waals surface area contributed by atoms with Crippen molar-refractivity contribution in [2.45, 2.75) is 51.3 Å². The number of nitrogens with one attached hydrogen (secondary N) is 2. The molecule has 3 fully saturated rings. The Balaban J connectivity index is 0.00000225. The average molecular weight is 482 g/mol. The molecule has 7 heteroatoms. The zero-order valence-corrected chi connectivity index (χ0v) is 19.4. The summed E-state index contributed by atoms with van der Waals surface area (Å²) in [5.41, 5.74) is 0.390. The molecule has 3 aliphatic rings. The van der Waals surface area contributed by atoms with Crippen molar-refractivity contribution in [3.63, 3.8) is 0 Å². The van der Waals surface area contributed by atoms with Gasteiger partial charge in [0.2, 0.25) is 0 Å². The molecule has 0 radical (unpaired) electrons. The Morgan fingerprint density at radius 3 is 2.72 bits per heavy atom. The molecule has 4 unspecified atom stereocenters. The Morgan fingerprint density at radius 1 is 1.36 bits per heavy atom. The predicted octanol–water partition coefficient (Wildman–Crippen LogP) is 2.41. The third-order valence-electron chi connectivity index (χ3n) is 6.30. The number of thioether (sulfide) groups is 1. The Kier molecular flexibility index (Phi) is 7.35. The number of guanidine groups is 1. The number of hydrogen-bond acceptors (Lipinski definition) is 4. The van der Waals surface area contributed by atoms with Crippen LogP contribution in [-0.2, 0) is 4.74 Å². The maximum Gasteiger partial charge on any atom is 0.191 e. The van der Waals surface area contributed by atoms with E-state index in [0.717, 1.165) is 25.7 Å². The van der Waals surface area contributed by atoms with E-state index >= 15 is 0 Å². The van der Waals surface area contributed by atoms with E-state index in [0.29, 0.717) is 18.1 Å². The summed E-state index contributed by atoms with van der Waals surface area (Å²) in [6, 6.07) is 0.455. The van der Waals surface area contributed by atoms with E-state index in [1.807, 2.05) is 11.8 Å². The summed E-state index contributed by atoms with van der Waals surface area (Å²) in [5.74, 6) is 4.03. The van der Waals surface area contributed by atoms with Gasteiger partial charge in [0.1, 0.15) is 0 Å². The zero-order chi connectivity index (χ0) is 17.4. The van der Waals surface area contributed by atoms with Crippen LogP contribution in [0.4, 0.5) is 0 Å². The summed E-state index contributed by atoms with van der Waals surface area (Å²) >= 11 is 2.05. The fraction of sp³-hybridized carbons (Fsp3) is 0.944. The van der Waals surface area contributed by atoms with Crippen LogP contribution in [0.3, 0.4) is 0 Å². The average Bonchev–Trinajstić information content (AvgIpc) is 3.18. The van der Waals surface area contributed by atoms with Gasteiger partial charge in [-0.1, -0.05) is 13.8 Å². The molecule has 0 amide bonds. The van der Waals surface area contributed by atoms with Gasteiger partial charge >= 0.3 is 0 Å². The molecule has 2 saturated heterocycles. The molecule has 0 spiro atoms. The second kappa shape index (κ2) is 8.52. The van der Waals surface area contributed by atoms with E-state index in [9.17, 15) is 0 Å². The molecule has 0 aromatic carbocycles. The van der Waals surface area contributed by atoms with Crippen molar-refractivity contribution in [2.24, 2.45) is 16.3 Å². The summed E-state index contributed by atoms with van der Waals surface area (Å²) in [6.07, 6.45) is 2.81. The third-order valence-corrected chi connectivity index (χ3v) is 7.53. The Labute approximate surface area is 174 Å². The van der Waals surface area contributed by atoms with Crippen LogP contribution in [0.2, 0.25) is 0 Å². The molecular formula is C18H35IN4OS. The van der Waals surface area contributed by atoms with Crippen LogP contribution in [0.25, 0.3) is 0 Å². The number of hydrogen-bond donors (Lipinski definition) is 2. The van der Waals surface area contributed by atoms with E-state index in [1.54, 1.807) is 0 Å². The standard InChI is InChI=1S/C18H34N4OS.HI/c1-6-19-16(20-11-18(22(4)5)8-10-24-12-18)21-14-13-7-9-23-15(13)17(14,2)3;/h13-15H,6-12H2,1-5H3,(H2,19,20,21);1H. The molecule has 2 aliphatic heterocycles. The maximum absolute atomic E-state index is 5.92. The Hall–Kier alpha value is 0.270. The van der Waals surface area contributed by atoms with E-state index in [4.69, 9.17) is 9.73 Å². The molecule has 3 rings (SSSR count). The molecule has 0 aromatic heterocycles. The van der Waals surface area contributed by atoms with Gasteiger partial charge in [-0.3, -0.25) is 4.99 Å². The van der Waals surface area contributed by atoms with Gasteiger partial charge in [0.15, 0.2) is 5.96 Å². The fourth-order valence-electron chi connectivity index (χ4n) is 4.53. The largest absolute Gasteiger partial charge is 0.377 e. The predicted molar refractivity (Wildman–Crippen MR) is 118 cm³/mol. The molecule has 25 heavy (non-hydrogen) atoms. The second-order valence-electron chi connectivity index (χ2n) is 8.30. The number of rotatable bonds is 5. The summed E-state index contributed by atoms with van der Waals surface area (Å²) in [7, 11) is 4.38. The smallest absolute Gasteiger partial charge is 0.191 e. The van der Waals surface area contributed by atoms with E-state index < -0.39 is 0 Å². The maximum atomic E-state index is 5.92. The van der Waals surface area contributed by atoms with Crippen molar-refractivity contribution in [3.05, 3.63) is 0 Å². The summed E-state index contributed by atoms with van der Waals surface area (Å²) < 4.78 is 5.92. The lowest BCUT2D eigenvalue weighted by Gasteiger charge is -2.55. The third kappa shape index (κ3) is 4.09. The van der Waals surface area contributed by atoms with Gasteiger partial charge in [-0.25, -0.2) is 0 Å². The van der Waals surface area contributed by atoms with Crippen LogP contribution in [-0.4, -0.2) is 73.8 Å². The number of nitrogens with zero attached hydrogens (tertiary/aromatic N) is 2. The van der Waals surface area contributed by atoms with Crippen LogP contribution in [0.15, 0.2) is 4.99 Å². The fourth-order valence-corrected chi connectivity index (χ4v) is 6.07. The molecule has 4 atom stereocenters. The van der Waals surface area contributed by atoms with Crippen LogP contribution in [0.5, 0.6) is 0 Å². The minimum Gasteiger partial charge on any atom is -0.377 e. The molecule has 1 saturated carbocycles. The SMILES string of the molecule is CCNC(=NCC1(N(C)C)CCSC1)NC1C2CCOC2C1(C)C.I. The first kappa shape index (κ1) is 21.6.